The van der Waals surface area contributed by atoms with Gasteiger partial charge in [0.2, 0.25) is 0 Å². The molecule has 2 heterocycles. The number of hydrogen-bond acceptors (Lipinski definition) is 5. The first-order valence-corrected chi connectivity index (χ1v) is 6.22. The van der Waals surface area contributed by atoms with E-state index in [9.17, 15) is 9.59 Å². The Labute approximate surface area is 116 Å². The van der Waals surface area contributed by atoms with Gasteiger partial charge in [0.1, 0.15) is 12.3 Å². The molecule has 0 radical (unpaired) electrons. The molecule has 7 nitrogen and oxygen atoms in total. The summed E-state index contributed by atoms with van der Waals surface area (Å²) in [6.45, 7) is 1.94. The highest BCUT2D eigenvalue weighted by molar-refractivity contribution is 5.87. The second-order valence-electron chi connectivity index (χ2n) is 5.09. The molecule has 1 aromatic heterocycles. The lowest BCUT2D eigenvalue weighted by Gasteiger charge is -2.41. The first-order chi connectivity index (χ1) is 9.42. The Hall–Kier alpha value is -2.31. The first-order valence-electron chi connectivity index (χ1n) is 6.22. The molecule has 0 amide bonds. The molecule has 108 valence electrons. The third-order valence-corrected chi connectivity index (χ3v) is 3.52. The fraction of sp³-hybridized carbons (Fsp3) is 0.462. The molecule has 7 heteroatoms. The maximum absolute atomic E-state index is 11.8. The largest absolute Gasteiger partial charge is 0.480 e. The topological polar surface area (TPSA) is 95.0 Å². The second-order valence-corrected chi connectivity index (χ2v) is 5.09. The van der Waals surface area contributed by atoms with Gasteiger partial charge < -0.3 is 19.7 Å². The Morgan fingerprint density at radius 3 is 3.00 bits per heavy atom. The van der Waals surface area contributed by atoms with E-state index in [0.29, 0.717) is 5.69 Å². The number of H-pyrrole nitrogens is 1. The third-order valence-electron chi connectivity index (χ3n) is 3.52. The zero-order valence-electron chi connectivity index (χ0n) is 11.4. The fourth-order valence-corrected chi connectivity index (χ4v) is 2.00. The predicted molar refractivity (Wildman–Crippen MR) is 71.8 cm³/mol. The molecule has 20 heavy (non-hydrogen) atoms. The zero-order valence-corrected chi connectivity index (χ0v) is 11.4. The lowest BCUT2D eigenvalue weighted by molar-refractivity contribution is -0.139. The summed E-state index contributed by atoms with van der Waals surface area (Å²) in [6.07, 6.45) is 3.40. The van der Waals surface area contributed by atoms with Gasteiger partial charge in [-0.1, -0.05) is 0 Å². The summed E-state index contributed by atoms with van der Waals surface area (Å²) in [5.74, 6) is -1.43. The highest BCUT2D eigenvalue weighted by atomic mass is 16.5. The van der Waals surface area contributed by atoms with Crippen molar-refractivity contribution in [2.75, 3.05) is 13.7 Å². The highest BCUT2D eigenvalue weighted by Crippen LogP contribution is 2.25. The SMILES string of the molecule is CN1C=NC(C(=O)O)C[C@]1(C)COC(=O)c1ccc[nH]1. The van der Waals surface area contributed by atoms with Gasteiger partial charge in [-0.2, -0.15) is 0 Å². The van der Waals surface area contributed by atoms with Crippen LogP contribution in [0, 0.1) is 0 Å². The number of nitrogens with zero attached hydrogens (tertiary/aromatic N) is 2. The van der Waals surface area contributed by atoms with Crippen molar-refractivity contribution in [1.29, 1.82) is 0 Å². The van der Waals surface area contributed by atoms with Crippen molar-refractivity contribution in [3.05, 3.63) is 24.0 Å². The van der Waals surface area contributed by atoms with Gasteiger partial charge in [0.15, 0.2) is 6.04 Å². The van der Waals surface area contributed by atoms with Gasteiger partial charge in [0.25, 0.3) is 0 Å². The van der Waals surface area contributed by atoms with Gasteiger partial charge in [-0.25, -0.2) is 9.59 Å². The summed E-state index contributed by atoms with van der Waals surface area (Å²) < 4.78 is 5.26. The third kappa shape index (κ3) is 2.81. The maximum Gasteiger partial charge on any atom is 0.354 e. The van der Waals surface area contributed by atoms with Crippen LogP contribution in [0.2, 0.25) is 0 Å². The number of aliphatic carboxylic acids is 1. The number of carboxylic acids is 1. The highest BCUT2D eigenvalue weighted by Gasteiger charge is 2.38. The van der Waals surface area contributed by atoms with Crippen LogP contribution in [0.15, 0.2) is 23.3 Å². The number of likely N-dealkylation sites (N-methyl/N-ethyl adjacent to an activating group) is 1. The van der Waals surface area contributed by atoms with Crippen molar-refractivity contribution in [3.8, 4) is 0 Å². The Kier molecular flexibility index (Phi) is 3.78. The summed E-state index contributed by atoms with van der Waals surface area (Å²) in [5, 5.41) is 9.04. The molecule has 0 spiro atoms. The van der Waals surface area contributed by atoms with E-state index >= 15 is 0 Å². The Morgan fingerprint density at radius 2 is 2.40 bits per heavy atom. The summed E-state index contributed by atoms with van der Waals surface area (Å²) in [5.41, 5.74) is -0.219. The molecule has 0 aromatic carbocycles. The smallest absolute Gasteiger partial charge is 0.354 e. The van der Waals surface area contributed by atoms with Crippen LogP contribution < -0.4 is 0 Å². The van der Waals surface area contributed by atoms with Gasteiger partial charge in [-0.3, -0.25) is 4.99 Å². The summed E-state index contributed by atoms with van der Waals surface area (Å²) >= 11 is 0. The van der Waals surface area contributed by atoms with E-state index in [1.165, 1.54) is 6.34 Å². The lowest BCUT2D eigenvalue weighted by atomic mass is 9.91. The second kappa shape index (κ2) is 5.36. The molecule has 2 N–H and O–H groups in total. The van der Waals surface area contributed by atoms with Gasteiger partial charge in [-0.15, -0.1) is 0 Å². The lowest BCUT2D eigenvalue weighted by Crippen LogP contribution is -2.53. The monoisotopic (exact) mass is 279 g/mol. The number of aromatic amines is 1. The van der Waals surface area contributed by atoms with Gasteiger partial charge in [-0.05, 0) is 19.1 Å². The van der Waals surface area contributed by atoms with Crippen LogP contribution in [0.3, 0.4) is 0 Å². The van der Waals surface area contributed by atoms with E-state index in [4.69, 9.17) is 9.84 Å². The predicted octanol–water partition coefficient (Wildman–Crippen LogP) is 0.747. The molecular formula is C13H17N3O4. The Bertz CT molecular complexity index is 526. The van der Waals surface area contributed by atoms with Crippen LogP contribution in [0.5, 0.6) is 0 Å². The van der Waals surface area contributed by atoms with Crippen LogP contribution in [0.25, 0.3) is 0 Å². The van der Waals surface area contributed by atoms with Crippen molar-refractivity contribution in [2.24, 2.45) is 4.99 Å². The first kappa shape index (κ1) is 14.1. The minimum Gasteiger partial charge on any atom is -0.480 e. The normalized spacial score (nSPS) is 25.5. The number of nitrogens with one attached hydrogen (secondary N) is 1. The molecule has 0 aliphatic carbocycles. The van der Waals surface area contributed by atoms with Crippen LogP contribution in [-0.2, 0) is 9.53 Å². The minimum absolute atomic E-state index is 0.0944. The molecule has 1 unspecified atom stereocenters. The van der Waals surface area contributed by atoms with E-state index in [1.54, 1.807) is 30.3 Å². The van der Waals surface area contributed by atoms with Crippen molar-refractivity contribution in [3.63, 3.8) is 0 Å². The molecule has 1 aliphatic rings. The number of hydrogen-bond donors (Lipinski definition) is 2. The zero-order chi connectivity index (χ0) is 14.8. The molecule has 0 saturated carbocycles. The molecular weight excluding hydrogens is 262 g/mol. The standard InChI is InChI=1S/C13H17N3O4/c1-13(6-10(11(17)18)15-8-16(13)2)7-20-12(19)9-4-3-5-14-9/h3-5,8,10,14H,6-7H2,1-2H3,(H,17,18)/t10?,13-/m1/s1. The van der Waals surface area contributed by atoms with Crippen molar-refractivity contribution in [1.82, 2.24) is 9.88 Å². The van der Waals surface area contributed by atoms with Gasteiger partial charge >= 0.3 is 11.9 Å². The van der Waals surface area contributed by atoms with E-state index < -0.39 is 23.5 Å². The molecule has 0 saturated heterocycles. The summed E-state index contributed by atoms with van der Waals surface area (Å²) in [7, 11) is 1.78. The quantitative estimate of drug-likeness (QED) is 0.793. The Morgan fingerprint density at radius 1 is 1.65 bits per heavy atom. The average Bonchev–Trinajstić information content (AvgIpc) is 2.93. The number of aliphatic imine (C=N–C) groups is 1. The number of carboxylic acid groups (broad SMARTS) is 1. The number of aromatic nitrogens is 1. The molecule has 0 fully saturated rings. The van der Waals surface area contributed by atoms with Gasteiger partial charge in [0, 0.05) is 19.7 Å². The van der Waals surface area contributed by atoms with E-state index in [1.807, 2.05) is 6.92 Å². The number of ether oxygens (including phenoxy) is 1. The van der Waals surface area contributed by atoms with E-state index in [-0.39, 0.29) is 13.0 Å². The molecule has 1 aromatic rings. The number of rotatable bonds is 4. The maximum atomic E-state index is 11.8. The summed E-state index contributed by atoms with van der Waals surface area (Å²) in [4.78, 5) is 31.3. The number of carbonyl (C=O) groups excluding carboxylic acids is 1. The Balaban J connectivity index is 2.01. The molecule has 1 aliphatic heterocycles. The van der Waals surface area contributed by atoms with Crippen LogP contribution >= 0.6 is 0 Å². The van der Waals surface area contributed by atoms with Crippen LogP contribution in [0.1, 0.15) is 23.8 Å². The molecule has 0 bridgehead atoms. The van der Waals surface area contributed by atoms with Crippen molar-refractivity contribution < 1.29 is 19.4 Å². The fourth-order valence-electron chi connectivity index (χ4n) is 2.00. The number of carbonyl (C=O) groups is 2. The molecule has 2 atom stereocenters. The minimum atomic E-state index is -0.976. The van der Waals surface area contributed by atoms with E-state index in [0.717, 1.165) is 0 Å². The van der Waals surface area contributed by atoms with Crippen LogP contribution in [0.4, 0.5) is 0 Å². The van der Waals surface area contributed by atoms with E-state index in [2.05, 4.69) is 9.98 Å². The van der Waals surface area contributed by atoms with Crippen LogP contribution in [-0.4, -0.2) is 58.5 Å². The van der Waals surface area contributed by atoms with Gasteiger partial charge in [0.05, 0.1) is 11.9 Å². The van der Waals surface area contributed by atoms with Crippen molar-refractivity contribution in [2.45, 2.75) is 24.9 Å². The molecule has 2 rings (SSSR count). The number of esters is 1. The average molecular weight is 279 g/mol. The summed E-state index contributed by atoms with van der Waals surface area (Å²) in [6, 6.07) is 2.52. The van der Waals surface area contributed by atoms with Crippen molar-refractivity contribution >= 4 is 18.3 Å².